The zero-order valence-corrected chi connectivity index (χ0v) is 15.2. The maximum Gasteiger partial charge on any atom is 0.330 e. The Kier molecular flexibility index (Phi) is 18.6. The zero-order chi connectivity index (χ0) is 17.0. The van der Waals surface area contributed by atoms with E-state index in [0.717, 1.165) is 19.3 Å². The van der Waals surface area contributed by atoms with E-state index >= 15 is 0 Å². The van der Waals surface area contributed by atoms with Crippen molar-refractivity contribution in [2.45, 2.75) is 103 Å². The van der Waals surface area contributed by atoms with E-state index in [9.17, 15) is 4.79 Å². The molecule has 0 unspecified atom stereocenters. The van der Waals surface area contributed by atoms with E-state index in [1.807, 2.05) is 0 Å². The molecule has 0 atom stereocenters. The van der Waals surface area contributed by atoms with Crippen LogP contribution in [-0.4, -0.2) is 5.97 Å². The summed E-state index contributed by atoms with van der Waals surface area (Å²) in [6.45, 7) is 8.84. The smallest absolute Gasteiger partial charge is 0.330 e. The summed E-state index contributed by atoms with van der Waals surface area (Å²) in [6, 6.07) is 0. The van der Waals surface area contributed by atoms with Gasteiger partial charge in [-0.2, -0.15) is 0 Å². The van der Waals surface area contributed by atoms with Crippen molar-refractivity contribution >= 4 is 5.97 Å². The number of hydrogen-bond donors (Lipinski definition) is 0. The van der Waals surface area contributed by atoms with Crippen molar-refractivity contribution in [2.75, 3.05) is 0 Å². The lowest BCUT2D eigenvalue weighted by Crippen LogP contribution is -1.96. The highest BCUT2D eigenvalue weighted by molar-refractivity contribution is 5.81. The molecule has 0 aliphatic heterocycles. The molecule has 0 aromatic rings. The summed E-state index contributed by atoms with van der Waals surface area (Å²) < 4.78 is 4.83. The Hall–Kier alpha value is -0.790. The molecule has 0 rings (SSSR count). The Balaban J connectivity index is 3.00. The Morgan fingerprint density at radius 3 is 1.48 bits per heavy atom. The van der Waals surface area contributed by atoms with E-state index in [-0.39, 0.29) is 5.97 Å². The quantitative estimate of drug-likeness (QED) is 0.155. The Bertz CT molecular complexity index is 261. The van der Waals surface area contributed by atoms with Crippen LogP contribution in [0.2, 0.25) is 0 Å². The molecule has 0 fully saturated rings. The van der Waals surface area contributed by atoms with E-state index in [0.29, 0.717) is 0 Å². The van der Waals surface area contributed by atoms with E-state index in [1.54, 1.807) is 6.61 Å². The van der Waals surface area contributed by atoms with Crippen molar-refractivity contribution in [2.24, 2.45) is 0 Å². The lowest BCUT2D eigenvalue weighted by atomic mass is 10.0. The van der Waals surface area contributed by atoms with Crippen molar-refractivity contribution in [3.63, 3.8) is 0 Å². The highest BCUT2D eigenvalue weighted by Gasteiger charge is 1.97. The minimum atomic E-state index is -0.358. The first-order valence-corrected chi connectivity index (χ1v) is 9.75. The summed E-state index contributed by atoms with van der Waals surface area (Å²) in [5.74, 6) is -0.358. The first-order valence-electron chi connectivity index (χ1n) is 9.75. The van der Waals surface area contributed by atoms with Gasteiger partial charge in [0.2, 0.25) is 0 Å². The fraction of sp³-hybridized carbons (Fsp3) is 0.762. The number of rotatable bonds is 18. The molecular formula is C21H38O2. The molecular weight excluding hydrogens is 284 g/mol. The van der Waals surface area contributed by atoms with Crippen molar-refractivity contribution in [1.29, 1.82) is 0 Å². The molecule has 134 valence electrons. The van der Waals surface area contributed by atoms with E-state index in [4.69, 9.17) is 4.74 Å². The normalized spacial score (nSPS) is 10.7. The molecule has 0 aromatic carbocycles. The molecule has 23 heavy (non-hydrogen) atoms. The van der Waals surface area contributed by atoms with Crippen LogP contribution in [0.3, 0.4) is 0 Å². The van der Waals surface area contributed by atoms with Gasteiger partial charge in [0.25, 0.3) is 0 Å². The number of hydrogen-bond acceptors (Lipinski definition) is 2. The van der Waals surface area contributed by atoms with Gasteiger partial charge in [0.05, 0.1) is 0 Å². The minimum Gasteiger partial charge on any atom is -0.455 e. The number of esters is 1. The van der Waals surface area contributed by atoms with Gasteiger partial charge in [-0.3, -0.25) is 0 Å². The van der Waals surface area contributed by atoms with E-state index in [2.05, 4.69) is 13.5 Å². The summed E-state index contributed by atoms with van der Waals surface area (Å²) >= 11 is 0. The molecule has 0 bridgehead atoms. The molecule has 2 heteroatoms. The first-order chi connectivity index (χ1) is 11.3. The van der Waals surface area contributed by atoms with Gasteiger partial charge in [0.15, 0.2) is 0 Å². The first kappa shape index (κ1) is 22.2. The number of carbonyl (C=O) groups excluding carboxylic acids is 1. The molecule has 0 aliphatic rings. The average molecular weight is 323 g/mol. The number of carbonyl (C=O) groups is 1. The predicted molar refractivity (Wildman–Crippen MR) is 99.8 cm³/mol. The van der Waals surface area contributed by atoms with Crippen LogP contribution >= 0.6 is 0 Å². The van der Waals surface area contributed by atoms with Gasteiger partial charge in [-0.1, -0.05) is 103 Å². The van der Waals surface area contributed by atoms with E-state index in [1.165, 1.54) is 89.5 Å². The van der Waals surface area contributed by atoms with Crippen LogP contribution in [0.5, 0.6) is 0 Å². The van der Waals surface area contributed by atoms with Crippen LogP contribution in [0.4, 0.5) is 0 Å². The third-order valence-electron chi connectivity index (χ3n) is 4.19. The third-order valence-corrected chi connectivity index (χ3v) is 4.19. The second kappa shape index (κ2) is 19.3. The van der Waals surface area contributed by atoms with Crippen molar-refractivity contribution < 1.29 is 9.53 Å². The second-order valence-electron chi connectivity index (χ2n) is 6.40. The molecule has 0 saturated heterocycles. The number of unbranched alkanes of at least 4 members (excludes halogenated alkanes) is 15. The maximum absolute atomic E-state index is 10.8. The number of ether oxygens (including phenoxy) is 1. The molecule has 2 radical (unpaired) electrons. The van der Waals surface area contributed by atoms with Gasteiger partial charge in [-0.15, -0.1) is 0 Å². The van der Waals surface area contributed by atoms with Crippen LogP contribution in [-0.2, 0) is 9.53 Å². The van der Waals surface area contributed by atoms with Gasteiger partial charge in [-0.05, 0) is 12.8 Å². The van der Waals surface area contributed by atoms with Gasteiger partial charge in [0, 0.05) is 6.08 Å². The second-order valence-corrected chi connectivity index (χ2v) is 6.40. The van der Waals surface area contributed by atoms with Crippen LogP contribution in [0.1, 0.15) is 103 Å². The largest absolute Gasteiger partial charge is 0.455 e. The molecule has 0 aromatic heterocycles. The highest BCUT2D eigenvalue weighted by Crippen LogP contribution is 2.13. The van der Waals surface area contributed by atoms with Crippen molar-refractivity contribution in [3.05, 3.63) is 26.2 Å². The molecule has 0 N–H and O–H groups in total. The van der Waals surface area contributed by atoms with Gasteiger partial charge in [-0.25, -0.2) is 4.79 Å². The molecule has 2 nitrogen and oxygen atoms in total. The SMILES string of the molecule is [CH2]CCCCCCCCCCCCCCCC[CH]OC(=O)C=C. The lowest BCUT2D eigenvalue weighted by molar-refractivity contribution is -0.134. The van der Waals surface area contributed by atoms with Crippen LogP contribution in [0, 0.1) is 13.5 Å². The van der Waals surface area contributed by atoms with Crippen LogP contribution in [0.15, 0.2) is 12.7 Å². The topological polar surface area (TPSA) is 26.3 Å². The molecule has 0 aliphatic carbocycles. The van der Waals surface area contributed by atoms with Crippen LogP contribution < -0.4 is 0 Å². The summed E-state index contributed by atoms with van der Waals surface area (Å²) in [4.78, 5) is 10.8. The summed E-state index contributed by atoms with van der Waals surface area (Å²) in [7, 11) is 0. The highest BCUT2D eigenvalue weighted by atomic mass is 16.5. The minimum absolute atomic E-state index is 0.358. The fourth-order valence-corrected chi connectivity index (χ4v) is 2.71. The lowest BCUT2D eigenvalue weighted by Gasteiger charge is -2.03. The van der Waals surface area contributed by atoms with E-state index < -0.39 is 0 Å². The Morgan fingerprint density at radius 2 is 1.09 bits per heavy atom. The summed E-state index contributed by atoms with van der Waals surface area (Å²) in [6.07, 6.45) is 22.1. The Labute approximate surface area is 145 Å². The molecule has 0 amide bonds. The van der Waals surface area contributed by atoms with Gasteiger partial charge >= 0.3 is 5.97 Å². The van der Waals surface area contributed by atoms with Gasteiger partial charge < -0.3 is 4.74 Å². The molecule has 0 spiro atoms. The van der Waals surface area contributed by atoms with Crippen molar-refractivity contribution in [3.8, 4) is 0 Å². The third kappa shape index (κ3) is 19.2. The summed E-state index contributed by atoms with van der Waals surface area (Å²) in [5, 5.41) is 0. The average Bonchev–Trinajstić information content (AvgIpc) is 2.57. The summed E-state index contributed by atoms with van der Waals surface area (Å²) in [5.41, 5.74) is 0. The molecule has 0 saturated carbocycles. The van der Waals surface area contributed by atoms with Crippen molar-refractivity contribution in [1.82, 2.24) is 0 Å². The predicted octanol–water partition coefficient (Wildman–Crippen LogP) is 6.95. The fourth-order valence-electron chi connectivity index (χ4n) is 2.71. The van der Waals surface area contributed by atoms with Gasteiger partial charge in [0.1, 0.15) is 6.61 Å². The standard InChI is InChI=1S/C21H38O2/c1-3-5-6-7-8-9-10-11-12-13-14-15-16-17-18-19-20-23-21(22)4-2/h4,20H,1-3,5-19H2. The Morgan fingerprint density at radius 1 is 0.696 bits per heavy atom. The maximum atomic E-state index is 10.8. The monoisotopic (exact) mass is 322 g/mol. The zero-order valence-electron chi connectivity index (χ0n) is 15.2. The molecule has 0 heterocycles. The van der Waals surface area contributed by atoms with Crippen LogP contribution in [0.25, 0.3) is 0 Å².